The van der Waals surface area contributed by atoms with E-state index in [4.69, 9.17) is 0 Å². The van der Waals surface area contributed by atoms with Crippen molar-refractivity contribution in [3.05, 3.63) is 65.2 Å². The first-order chi connectivity index (χ1) is 14.2. The predicted octanol–water partition coefficient (Wildman–Crippen LogP) is 2.22. The van der Waals surface area contributed by atoms with Gasteiger partial charge in [-0.3, -0.25) is 0 Å². The second-order valence-electron chi connectivity index (χ2n) is 8.80. The van der Waals surface area contributed by atoms with Crippen molar-refractivity contribution < 1.29 is 26.7 Å². The molecule has 1 fully saturated rings. The maximum atomic E-state index is 12.1. The van der Waals surface area contributed by atoms with Crippen molar-refractivity contribution in [1.82, 2.24) is 0 Å². The molecule has 1 atom stereocenters. The van der Waals surface area contributed by atoms with Crippen LogP contribution in [0.2, 0.25) is 0 Å². The summed E-state index contributed by atoms with van der Waals surface area (Å²) in [6.45, 7) is 3.79. The van der Waals surface area contributed by atoms with E-state index in [0.717, 1.165) is 23.5 Å². The molecule has 0 aromatic heterocycles. The number of hydrogen-bond acceptors (Lipinski definition) is 3. The minimum atomic E-state index is -1.02. The fourth-order valence-electron chi connectivity index (χ4n) is 5.25. The first-order valence-corrected chi connectivity index (χ1v) is 12.1. The summed E-state index contributed by atoms with van der Waals surface area (Å²) in [6.07, 6.45) is 7.87. The number of anilines is 1. The second-order valence-corrected chi connectivity index (χ2v) is 9.86. The molecule has 3 nitrogen and oxygen atoms in total. The Kier molecular flexibility index (Phi) is 6.61. The first-order valence-electron chi connectivity index (χ1n) is 11.1. The molecule has 0 spiro atoms. The number of para-hydroxylation sites is 1. The Bertz CT molecular complexity index is 923. The topological polar surface area (TPSA) is 26.5 Å². The van der Waals surface area contributed by atoms with Crippen LogP contribution in [0.1, 0.15) is 61.1 Å². The average Bonchev–Trinajstić information content (AvgIpc) is 3.08. The van der Waals surface area contributed by atoms with Crippen molar-refractivity contribution in [1.29, 1.82) is 0 Å². The van der Waals surface area contributed by atoms with Crippen molar-refractivity contribution in [2.24, 2.45) is 0 Å². The minimum absolute atomic E-state index is 0. The highest BCUT2D eigenvalue weighted by Gasteiger charge is 2.55. The van der Waals surface area contributed by atoms with Gasteiger partial charge in [-0.25, -0.2) is 4.58 Å². The lowest BCUT2D eigenvalue weighted by Crippen LogP contribution is -3.00. The van der Waals surface area contributed by atoms with Gasteiger partial charge in [0.25, 0.3) is 5.72 Å². The van der Waals surface area contributed by atoms with Crippen LogP contribution in [0.5, 0.6) is 0 Å². The lowest BCUT2D eigenvalue weighted by atomic mass is 9.83. The zero-order valence-electron chi connectivity index (χ0n) is 17.7. The molecule has 2 aromatic carbocycles. The second kappa shape index (κ2) is 9.05. The number of amidine groups is 1. The van der Waals surface area contributed by atoms with Crippen LogP contribution in [-0.4, -0.2) is 33.7 Å². The third-order valence-electron chi connectivity index (χ3n) is 6.85. The zero-order chi connectivity index (χ0) is 19.8. The van der Waals surface area contributed by atoms with Crippen LogP contribution in [0, 0.1) is 6.92 Å². The maximum Gasteiger partial charge on any atom is 0.316 e. The van der Waals surface area contributed by atoms with Crippen LogP contribution in [0.4, 0.5) is 5.69 Å². The first kappa shape index (κ1) is 21.9. The van der Waals surface area contributed by atoms with Gasteiger partial charge in [-0.15, -0.1) is 0 Å². The van der Waals surface area contributed by atoms with Crippen LogP contribution >= 0.6 is 11.8 Å². The van der Waals surface area contributed by atoms with Gasteiger partial charge in [-0.2, -0.15) is 4.90 Å². The van der Waals surface area contributed by atoms with Gasteiger partial charge >= 0.3 is 5.17 Å². The van der Waals surface area contributed by atoms with Crippen LogP contribution in [0.15, 0.2) is 48.5 Å². The summed E-state index contributed by atoms with van der Waals surface area (Å²) >= 11 is 1.88. The molecule has 0 amide bonds. The number of halogens is 1. The largest absolute Gasteiger partial charge is 1.00 e. The quantitative estimate of drug-likeness (QED) is 0.673. The molecule has 160 valence electrons. The molecule has 2 heterocycles. The fraction of sp³-hybridized carbons (Fsp3) is 0.480. The van der Waals surface area contributed by atoms with Crippen molar-refractivity contribution in [2.45, 2.75) is 57.1 Å². The van der Waals surface area contributed by atoms with E-state index >= 15 is 0 Å². The highest BCUT2D eigenvalue weighted by atomic mass is 79.9. The molecule has 2 aromatic rings. The third-order valence-corrected chi connectivity index (χ3v) is 8.04. The van der Waals surface area contributed by atoms with Gasteiger partial charge in [0.1, 0.15) is 5.69 Å². The molecule has 1 N–H and O–H groups in total. The summed E-state index contributed by atoms with van der Waals surface area (Å²) < 4.78 is 2.37. The molecule has 5 heteroatoms. The maximum absolute atomic E-state index is 12.1. The van der Waals surface area contributed by atoms with E-state index in [0.29, 0.717) is 12.5 Å². The summed E-state index contributed by atoms with van der Waals surface area (Å²) in [5, 5.41) is 13.3. The third kappa shape index (κ3) is 3.85. The standard InChI is InChI=1S/C25H31N2OS.BrH/c1-19-8-5-6-11-23(19)27-24-26(16-7-17-29-24)18-25(27,28)22-14-12-21(13-15-22)20-9-3-2-4-10-20;/h5-6,8,11-15,20,28H,2-4,7,9-10,16-18H2,1H3;1H/q+1;/p-1. The van der Waals surface area contributed by atoms with Crippen molar-refractivity contribution in [2.75, 3.05) is 23.7 Å². The van der Waals surface area contributed by atoms with E-state index in [1.165, 1.54) is 54.8 Å². The minimum Gasteiger partial charge on any atom is -1.00 e. The Morgan fingerprint density at radius 3 is 2.47 bits per heavy atom. The van der Waals surface area contributed by atoms with Gasteiger partial charge in [-0.1, -0.05) is 61.7 Å². The number of thioether (sulfide) groups is 1. The monoisotopic (exact) mass is 486 g/mol. The molecule has 1 unspecified atom stereocenters. The van der Waals surface area contributed by atoms with E-state index in [1.807, 2.05) is 11.8 Å². The van der Waals surface area contributed by atoms with Gasteiger partial charge in [-0.05, 0) is 61.1 Å². The SMILES string of the molecule is Cc1ccccc1N1C2=[N+](CCCS2)CC1(O)c1ccc(C2CCCCC2)cc1.[Br-]. The van der Waals surface area contributed by atoms with E-state index in [2.05, 4.69) is 64.9 Å². The summed E-state index contributed by atoms with van der Waals surface area (Å²) in [4.78, 5) is 2.20. The lowest BCUT2D eigenvalue weighted by molar-refractivity contribution is -0.532. The molecule has 1 aliphatic carbocycles. The Morgan fingerprint density at radius 2 is 1.73 bits per heavy atom. The van der Waals surface area contributed by atoms with Crippen LogP contribution in [0.25, 0.3) is 0 Å². The molecule has 1 saturated carbocycles. The van der Waals surface area contributed by atoms with Gasteiger partial charge in [0.2, 0.25) is 0 Å². The number of rotatable bonds is 3. The molecule has 0 bridgehead atoms. The lowest BCUT2D eigenvalue weighted by Gasteiger charge is -2.30. The Morgan fingerprint density at radius 1 is 1.00 bits per heavy atom. The van der Waals surface area contributed by atoms with Crippen molar-refractivity contribution in [3.63, 3.8) is 0 Å². The number of aliphatic hydroxyl groups is 1. The summed E-state index contributed by atoms with van der Waals surface area (Å²) in [7, 11) is 0. The zero-order valence-corrected chi connectivity index (χ0v) is 20.1. The smallest absolute Gasteiger partial charge is 0.316 e. The Labute approximate surface area is 195 Å². The molecule has 3 aliphatic rings. The van der Waals surface area contributed by atoms with Gasteiger partial charge < -0.3 is 22.1 Å². The Balaban J connectivity index is 0.00000218. The van der Waals surface area contributed by atoms with Gasteiger partial charge in [0, 0.05) is 11.3 Å². The number of benzene rings is 2. The van der Waals surface area contributed by atoms with Crippen LogP contribution in [-0.2, 0) is 5.72 Å². The Hall–Kier alpha value is -1.30. The average molecular weight is 488 g/mol. The molecule has 30 heavy (non-hydrogen) atoms. The molecular weight excluding hydrogens is 456 g/mol. The number of hydrogen-bond donors (Lipinski definition) is 1. The van der Waals surface area contributed by atoms with Gasteiger partial charge in [0.15, 0.2) is 6.54 Å². The molecular formula is C25H31BrN2OS. The predicted molar refractivity (Wildman–Crippen MR) is 122 cm³/mol. The molecule has 0 saturated heterocycles. The van der Waals surface area contributed by atoms with Crippen LogP contribution in [0.3, 0.4) is 0 Å². The molecule has 0 radical (unpaired) electrons. The van der Waals surface area contributed by atoms with Gasteiger partial charge in [0.05, 0.1) is 6.54 Å². The molecule has 2 aliphatic heterocycles. The molecule has 5 rings (SSSR count). The normalized spacial score (nSPS) is 24.5. The summed E-state index contributed by atoms with van der Waals surface area (Å²) in [5.41, 5.74) is 3.73. The number of aryl methyl sites for hydroxylation is 1. The van der Waals surface area contributed by atoms with E-state index in [1.54, 1.807) is 0 Å². The van der Waals surface area contributed by atoms with Crippen molar-refractivity contribution >= 4 is 22.6 Å². The summed E-state index contributed by atoms with van der Waals surface area (Å²) in [5.74, 6) is 1.81. The van der Waals surface area contributed by atoms with E-state index in [9.17, 15) is 5.11 Å². The van der Waals surface area contributed by atoms with Crippen molar-refractivity contribution in [3.8, 4) is 0 Å². The number of nitrogens with zero attached hydrogens (tertiary/aromatic N) is 2. The van der Waals surface area contributed by atoms with E-state index in [-0.39, 0.29) is 17.0 Å². The van der Waals surface area contributed by atoms with Crippen LogP contribution < -0.4 is 21.9 Å². The summed E-state index contributed by atoms with van der Waals surface area (Å²) in [6, 6.07) is 17.3. The highest BCUT2D eigenvalue weighted by molar-refractivity contribution is 8.14. The fourth-order valence-corrected chi connectivity index (χ4v) is 6.42. The highest BCUT2D eigenvalue weighted by Crippen LogP contribution is 2.41. The van der Waals surface area contributed by atoms with E-state index < -0.39 is 5.72 Å².